The molecule has 2 N–H and O–H groups in total. The lowest BCUT2D eigenvalue weighted by Crippen LogP contribution is -2.03. The van der Waals surface area contributed by atoms with Crippen molar-refractivity contribution >= 4 is 17.5 Å². The largest absolute Gasteiger partial charge is 0.368 e. The minimum Gasteiger partial charge on any atom is -0.368 e. The van der Waals surface area contributed by atoms with Crippen LogP contribution < -0.4 is 5.73 Å². The molecule has 0 fully saturated rings. The van der Waals surface area contributed by atoms with Gasteiger partial charge in [-0.2, -0.15) is 10.1 Å². The maximum absolute atomic E-state index is 5.90. The predicted octanol–water partition coefficient (Wildman–Crippen LogP) is 1.21. The van der Waals surface area contributed by atoms with E-state index in [0.29, 0.717) is 10.8 Å². The smallest absolute Gasteiger partial charge is 0.222 e. The van der Waals surface area contributed by atoms with Crippen molar-refractivity contribution < 1.29 is 0 Å². The standard InChI is InChI=1S/C8H8ClN5/c1-5-2-12-14(4-5)7-6(9)3-11-8(10)13-7/h2-4H,1H3,(H2,10,11,13). The summed E-state index contributed by atoms with van der Waals surface area (Å²) in [5.41, 5.74) is 6.48. The summed E-state index contributed by atoms with van der Waals surface area (Å²) >= 11 is 5.90. The summed E-state index contributed by atoms with van der Waals surface area (Å²) < 4.78 is 1.57. The van der Waals surface area contributed by atoms with Crippen LogP contribution in [0.15, 0.2) is 18.6 Å². The molecule has 0 saturated heterocycles. The average molecular weight is 210 g/mol. The number of rotatable bonds is 1. The number of hydrogen-bond acceptors (Lipinski definition) is 4. The van der Waals surface area contributed by atoms with Crippen molar-refractivity contribution in [3.63, 3.8) is 0 Å². The van der Waals surface area contributed by atoms with Gasteiger partial charge in [0.05, 0.1) is 12.4 Å². The van der Waals surface area contributed by atoms with Crippen LogP contribution in [0.5, 0.6) is 0 Å². The van der Waals surface area contributed by atoms with E-state index in [9.17, 15) is 0 Å². The molecule has 0 radical (unpaired) electrons. The molecule has 0 aliphatic rings. The van der Waals surface area contributed by atoms with Crippen LogP contribution in [-0.2, 0) is 0 Å². The average Bonchev–Trinajstić information content (AvgIpc) is 2.56. The molecular formula is C8H8ClN5. The van der Waals surface area contributed by atoms with Crippen LogP contribution in [0.4, 0.5) is 5.95 Å². The zero-order valence-corrected chi connectivity index (χ0v) is 8.23. The summed E-state index contributed by atoms with van der Waals surface area (Å²) in [6.45, 7) is 1.93. The van der Waals surface area contributed by atoms with Gasteiger partial charge in [0.1, 0.15) is 5.02 Å². The Morgan fingerprint density at radius 2 is 2.21 bits per heavy atom. The molecule has 6 heteroatoms. The Morgan fingerprint density at radius 1 is 1.43 bits per heavy atom. The van der Waals surface area contributed by atoms with Crippen LogP contribution in [0.2, 0.25) is 5.02 Å². The Labute approximate surface area is 85.5 Å². The molecule has 0 spiro atoms. The molecule has 0 aromatic carbocycles. The van der Waals surface area contributed by atoms with E-state index in [1.807, 2.05) is 13.1 Å². The van der Waals surface area contributed by atoms with E-state index < -0.39 is 0 Å². The van der Waals surface area contributed by atoms with Gasteiger partial charge in [-0.1, -0.05) is 11.6 Å². The van der Waals surface area contributed by atoms with Gasteiger partial charge in [0.25, 0.3) is 0 Å². The van der Waals surface area contributed by atoms with Crippen LogP contribution in [0.25, 0.3) is 5.82 Å². The maximum atomic E-state index is 5.90. The van der Waals surface area contributed by atoms with Gasteiger partial charge in [-0.25, -0.2) is 9.67 Å². The summed E-state index contributed by atoms with van der Waals surface area (Å²) in [5.74, 6) is 0.671. The molecule has 2 heterocycles. The molecule has 5 nitrogen and oxygen atoms in total. The highest BCUT2D eigenvalue weighted by Crippen LogP contribution is 2.16. The first-order valence-electron chi connectivity index (χ1n) is 3.96. The monoisotopic (exact) mass is 209 g/mol. The third-order valence-corrected chi connectivity index (χ3v) is 1.94. The van der Waals surface area contributed by atoms with Gasteiger partial charge in [0.2, 0.25) is 5.95 Å². The Bertz CT molecular complexity index is 465. The first-order valence-corrected chi connectivity index (χ1v) is 4.34. The highest BCUT2D eigenvalue weighted by Gasteiger charge is 2.06. The topological polar surface area (TPSA) is 69.6 Å². The fraction of sp³-hybridized carbons (Fsp3) is 0.125. The van der Waals surface area contributed by atoms with Crippen molar-refractivity contribution in [2.24, 2.45) is 0 Å². The van der Waals surface area contributed by atoms with E-state index in [1.54, 1.807) is 10.9 Å². The van der Waals surface area contributed by atoms with E-state index in [-0.39, 0.29) is 5.95 Å². The van der Waals surface area contributed by atoms with Gasteiger partial charge in [-0.3, -0.25) is 0 Å². The fourth-order valence-electron chi connectivity index (χ4n) is 1.06. The number of nitrogen functional groups attached to an aromatic ring is 1. The van der Waals surface area contributed by atoms with Gasteiger partial charge in [0.15, 0.2) is 5.82 Å². The molecule has 0 aliphatic heterocycles. The fourth-order valence-corrected chi connectivity index (χ4v) is 1.24. The Balaban J connectivity index is 2.55. The van der Waals surface area contributed by atoms with Crippen LogP contribution in [-0.4, -0.2) is 19.7 Å². The van der Waals surface area contributed by atoms with E-state index in [2.05, 4.69) is 15.1 Å². The molecule has 14 heavy (non-hydrogen) atoms. The molecule has 2 aromatic rings. The summed E-state index contributed by atoms with van der Waals surface area (Å²) in [6, 6.07) is 0. The Kier molecular flexibility index (Phi) is 2.09. The number of hydrogen-bond donors (Lipinski definition) is 1. The third kappa shape index (κ3) is 1.54. The molecule has 2 rings (SSSR count). The second-order valence-electron chi connectivity index (χ2n) is 2.86. The quantitative estimate of drug-likeness (QED) is 0.767. The van der Waals surface area contributed by atoms with Crippen molar-refractivity contribution in [3.05, 3.63) is 29.2 Å². The van der Waals surface area contributed by atoms with Crippen LogP contribution in [0.3, 0.4) is 0 Å². The van der Waals surface area contributed by atoms with Crippen molar-refractivity contribution in [2.75, 3.05) is 5.73 Å². The van der Waals surface area contributed by atoms with E-state index in [4.69, 9.17) is 17.3 Å². The zero-order valence-electron chi connectivity index (χ0n) is 7.48. The molecule has 2 aromatic heterocycles. The molecule has 0 aliphatic carbocycles. The lowest BCUT2D eigenvalue weighted by Gasteiger charge is -2.02. The normalized spacial score (nSPS) is 10.4. The maximum Gasteiger partial charge on any atom is 0.222 e. The summed E-state index contributed by atoms with van der Waals surface area (Å²) in [7, 11) is 0. The molecule has 0 saturated carbocycles. The number of aromatic nitrogens is 4. The SMILES string of the molecule is Cc1cnn(-c2nc(N)ncc2Cl)c1. The highest BCUT2D eigenvalue weighted by molar-refractivity contribution is 6.32. The molecule has 0 amide bonds. The van der Waals surface area contributed by atoms with Crippen molar-refractivity contribution in [1.82, 2.24) is 19.7 Å². The molecule has 0 atom stereocenters. The molecule has 0 bridgehead atoms. The van der Waals surface area contributed by atoms with Gasteiger partial charge in [-0.15, -0.1) is 0 Å². The zero-order chi connectivity index (χ0) is 10.1. The lowest BCUT2D eigenvalue weighted by molar-refractivity contribution is 0.842. The number of halogens is 1. The second-order valence-corrected chi connectivity index (χ2v) is 3.27. The Morgan fingerprint density at radius 3 is 2.86 bits per heavy atom. The minimum atomic E-state index is 0.178. The summed E-state index contributed by atoms with van der Waals surface area (Å²) in [4.78, 5) is 7.76. The number of nitrogens with zero attached hydrogens (tertiary/aromatic N) is 4. The minimum absolute atomic E-state index is 0.178. The number of aryl methyl sites for hydroxylation is 1. The van der Waals surface area contributed by atoms with E-state index >= 15 is 0 Å². The molecule has 0 unspecified atom stereocenters. The number of nitrogens with two attached hydrogens (primary N) is 1. The van der Waals surface area contributed by atoms with Gasteiger partial charge in [0, 0.05) is 6.20 Å². The van der Waals surface area contributed by atoms with E-state index in [1.165, 1.54) is 6.20 Å². The lowest BCUT2D eigenvalue weighted by atomic mass is 10.4. The van der Waals surface area contributed by atoms with Crippen LogP contribution in [0, 0.1) is 6.92 Å². The Hall–Kier alpha value is -1.62. The van der Waals surface area contributed by atoms with Crippen molar-refractivity contribution in [1.29, 1.82) is 0 Å². The third-order valence-electron chi connectivity index (χ3n) is 1.67. The summed E-state index contributed by atoms with van der Waals surface area (Å²) in [5, 5.41) is 4.49. The van der Waals surface area contributed by atoms with Crippen LogP contribution in [0.1, 0.15) is 5.56 Å². The molecule has 72 valence electrons. The number of anilines is 1. The second kappa shape index (κ2) is 3.26. The van der Waals surface area contributed by atoms with Crippen molar-refractivity contribution in [2.45, 2.75) is 6.92 Å². The first-order chi connectivity index (χ1) is 6.66. The van der Waals surface area contributed by atoms with Gasteiger partial charge >= 0.3 is 0 Å². The molecular weight excluding hydrogens is 202 g/mol. The highest BCUT2D eigenvalue weighted by atomic mass is 35.5. The van der Waals surface area contributed by atoms with Gasteiger partial charge < -0.3 is 5.73 Å². The summed E-state index contributed by atoms with van der Waals surface area (Å²) in [6.07, 6.45) is 4.98. The predicted molar refractivity (Wildman–Crippen MR) is 53.3 cm³/mol. The van der Waals surface area contributed by atoms with E-state index in [0.717, 1.165) is 5.56 Å². The first kappa shape index (κ1) is 8.96. The van der Waals surface area contributed by atoms with Crippen LogP contribution >= 0.6 is 11.6 Å². The van der Waals surface area contributed by atoms with Crippen molar-refractivity contribution in [3.8, 4) is 5.82 Å². The van der Waals surface area contributed by atoms with Gasteiger partial charge in [-0.05, 0) is 12.5 Å².